The molecule has 0 saturated heterocycles. The van der Waals surface area contributed by atoms with Gasteiger partial charge in [0.2, 0.25) is 10.0 Å². The summed E-state index contributed by atoms with van der Waals surface area (Å²) in [6.07, 6.45) is 0.895. The Hall–Kier alpha value is -1.41. The van der Waals surface area contributed by atoms with Gasteiger partial charge in [0.05, 0.1) is 11.5 Å². The number of nitrogens with one attached hydrogen (secondary N) is 1. The number of sulfonamides is 1. The molecule has 2 aromatic rings. The van der Waals surface area contributed by atoms with E-state index >= 15 is 0 Å². The first kappa shape index (κ1) is 18.4. The van der Waals surface area contributed by atoms with Crippen LogP contribution in [0.5, 0.6) is 5.75 Å². The van der Waals surface area contributed by atoms with E-state index in [2.05, 4.69) is 26.7 Å². The van der Waals surface area contributed by atoms with Crippen molar-refractivity contribution in [3.8, 4) is 5.75 Å². The molecule has 0 radical (unpaired) electrons. The zero-order chi connectivity index (χ0) is 18.0. The molecule has 25 heavy (non-hydrogen) atoms. The van der Waals surface area contributed by atoms with Gasteiger partial charge < -0.3 is 9.64 Å². The fourth-order valence-corrected chi connectivity index (χ4v) is 4.98. The van der Waals surface area contributed by atoms with E-state index in [1.165, 1.54) is 5.56 Å². The summed E-state index contributed by atoms with van der Waals surface area (Å²) < 4.78 is 34.1. The van der Waals surface area contributed by atoms with Crippen LogP contribution in [0.4, 0.5) is 0 Å². The Morgan fingerprint density at radius 1 is 1.24 bits per heavy atom. The molecule has 5 nitrogen and oxygen atoms in total. The van der Waals surface area contributed by atoms with Crippen molar-refractivity contribution in [2.75, 3.05) is 27.2 Å². The van der Waals surface area contributed by atoms with Crippen molar-refractivity contribution in [2.24, 2.45) is 0 Å². The van der Waals surface area contributed by atoms with E-state index in [-0.39, 0.29) is 17.5 Å². The van der Waals surface area contributed by atoms with Crippen LogP contribution in [0.1, 0.15) is 17.2 Å². The predicted octanol–water partition coefficient (Wildman–Crippen LogP) is 2.97. The summed E-state index contributed by atoms with van der Waals surface area (Å²) in [6.45, 7) is 0.996. The van der Waals surface area contributed by atoms with Crippen LogP contribution in [-0.2, 0) is 16.4 Å². The molecule has 0 amide bonds. The second kappa shape index (κ2) is 7.45. The molecule has 3 rings (SSSR count). The summed E-state index contributed by atoms with van der Waals surface area (Å²) in [7, 11) is 0.304. The number of benzene rings is 2. The molecule has 0 bridgehead atoms. The van der Waals surface area contributed by atoms with Crippen molar-refractivity contribution in [3.63, 3.8) is 0 Å². The first-order valence-corrected chi connectivity index (χ1v) is 10.3. The lowest BCUT2D eigenvalue weighted by atomic mass is 10.0. The number of ether oxygens (including phenoxy) is 1. The molecule has 0 spiro atoms. The Balaban J connectivity index is 1.80. The van der Waals surface area contributed by atoms with Gasteiger partial charge in [-0.05, 0) is 59.4 Å². The van der Waals surface area contributed by atoms with Gasteiger partial charge in [0.25, 0.3) is 0 Å². The highest BCUT2D eigenvalue weighted by Gasteiger charge is 2.22. The lowest BCUT2D eigenvalue weighted by Crippen LogP contribution is -2.34. The highest BCUT2D eigenvalue weighted by molar-refractivity contribution is 9.10. The molecule has 0 aromatic heterocycles. The van der Waals surface area contributed by atoms with Crippen LogP contribution < -0.4 is 9.46 Å². The van der Waals surface area contributed by atoms with E-state index in [1.807, 2.05) is 31.1 Å². The molecule has 1 aliphatic rings. The fraction of sp³-hybridized carbons (Fsp3) is 0.333. The highest BCUT2D eigenvalue weighted by Crippen LogP contribution is 2.30. The van der Waals surface area contributed by atoms with Gasteiger partial charge in [-0.25, -0.2) is 13.1 Å². The molecule has 134 valence electrons. The monoisotopic (exact) mass is 424 g/mol. The Labute approximate surface area is 157 Å². The number of fused-ring (bicyclic) bond motifs is 1. The minimum Gasteiger partial charge on any atom is -0.493 e. The normalized spacial score (nSPS) is 15.0. The summed E-state index contributed by atoms with van der Waals surface area (Å²) in [6, 6.07) is 12.8. The third-order valence-corrected chi connectivity index (χ3v) is 6.75. The predicted molar refractivity (Wildman–Crippen MR) is 101 cm³/mol. The van der Waals surface area contributed by atoms with Crippen molar-refractivity contribution in [1.29, 1.82) is 0 Å². The van der Waals surface area contributed by atoms with Crippen molar-refractivity contribution >= 4 is 26.0 Å². The topological polar surface area (TPSA) is 58.6 Å². The number of hydrogen-bond acceptors (Lipinski definition) is 4. The molecular formula is C18H21BrN2O3S. The van der Waals surface area contributed by atoms with Crippen LogP contribution in [0.3, 0.4) is 0 Å². The Morgan fingerprint density at radius 2 is 2.00 bits per heavy atom. The summed E-state index contributed by atoms with van der Waals surface area (Å²) >= 11 is 3.30. The number of halogens is 1. The smallest absolute Gasteiger partial charge is 0.241 e. The van der Waals surface area contributed by atoms with Crippen LogP contribution in [-0.4, -0.2) is 40.6 Å². The average Bonchev–Trinajstić information content (AvgIpc) is 3.02. The van der Waals surface area contributed by atoms with Crippen LogP contribution in [0, 0.1) is 0 Å². The average molecular weight is 425 g/mol. The van der Waals surface area contributed by atoms with Gasteiger partial charge in [0.15, 0.2) is 0 Å². The third-order valence-electron chi connectivity index (χ3n) is 4.31. The molecule has 2 aromatic carbocycles. The first-order chi connectivity index (χ1) is 11.9. The third kappa shape index (κ3) is 4.06. The van der Waals surface area contributed by atoms with E-state index < -0.39 is 10.0 Å². The zero-order valence-electron chi connectivity index (χ0n) is 14.2. The van der Waals surface area contributed by atoms with Gasteiger partial charge >= 0.3 is 0 Å². The van der Waals surface area contributed by atoms with Crippen LogP contribution in [0.15, 0.2) is 51.8 Å². The number of rotatable bonds is 6. The molecular weight excluding hydrogens is 404 g/mol. The largest absolute Gasteiger partial charge is 0.493 e. The van der Waals surface area contributed by atoms with Gasteiger partial charge in [0.1, 0.15) is 5.75 Å². The summed E-state index contributed by atoms with van der Waals surface area (Å²) in [5.41, 5.74) is 2.25. The molecule has 1 heterocycles. The zero-order valence-corrected chi connectivity index (χ0v) is 16.6. The maximum absolute atomic E-state index is 12.6. The minimum absolute atomic E-state index is 0.0665. The van der Waals surface area contributed by atoms with Gasteiger partial charge in [-0.2, -0.15) is 0 Å². The standard InChI is InChI=1S/C18H21BrN2O3S/c1-21(2)16(13-7-8-17-14(11-13)9-10-24-17)12-20-25(22,23)18-6-4-3-5-15(18)19/h3-8,11,16,20H,9-10,12H2,1-2H3. The van der Waals surface area contributed by atoms with E-state index in [0.717, 1.165) is 17.7 Å². The lowest BCUT2D eigenvalue weighted by molar-refractivity contribution is 0.299. The molecule has 0 aliphatic carbocycles. The van der Waals surface area contributed by atoms with E-state index in [9.17, 15) is 8.42 Å². The minimum atomic E-state index is -3.59. The van der Waals surface area contributed by atoms with Crippen molar-refractivity contribution in [2.45, 2.75) is 17.4 Å². The second-order valence-electron chi connectivity index (χ2n) is 6.23. The molecule has 7 heteroatoms. The van der Waals surface area contributed by atoms with Crippen LogP contribution in [0.25, 0.3) is 0 Å². The molecule has 1 unspecified atom stereocenters. The maximum Gasteiger partial charge on any atom is 0.241 e. The first-order valence-electron chi connectivity index (χ1n) is 8.05. The molecule has 1 N–H and O–H groups in total. The second-order valence-corrected chi connectivity index (χ2v) is 8.82. The quantitative estimate of drug-likeness (QED) is 0.773. The van der Waals surface area contributed by atoms with Crippen LogP contribution in [0.2, 0.25) is 0 Å². The Bertz CT molecular complexity index is 868. The lowest BCUT2D eigenvalue weighted by Gasteiger charge is -2.25. The molecule has 1 aliphatic heterocycles. The Morgan fingerprint density at radius 3 is 2.72 bits per heavy atom. The van der Waals surface area contributed by atoms with Crippen LogP contribution >= 0.6 is 15.9 Å². The van der Waals surface area contributed by atoms with E-state index in [4.69, 9.17) is 4.74 Å². The van der Waals surface area contributed by atoms with Crippen molar-refractivity contribution < 1.29 is 13.2 Å². The summed E-state index contributed by atoms with van der Waals surface area (Å²) in [5, 5.41) is 0. The fourth-order valence-electron chi connectivity index (χ4n) is 2.94. The molecule has 0 saturated carbocycles. The van der Waals surface area contributed by atoms with Gasteiger partial charge in [-0.15, -0.1) is 0 Å². The summed E-state index contributed by atoms with van der Waals surface area (Å²) in [4.78, 5) is 2.26. The number of nitrogens with zero attached hydrogens (tertiary/aromatic N) is 1. The van der Waals surface area contributed by atoms with Gasteiger partial charge in [0, 0.05) is 23.5 Å². The van der Waals surface area contributed by atoms with Crippen molar-refractivity contribution in [1.82, 2.24) is 9.62 Å². The van der Waals surface area contributed by atoms with Gasteiger partial charge in [-0.1, -0.05) is 24.3 Å². The van der Waals surface area contributed by atoms with E-state index in [0.29, 0.717) is 11.1 Å². The Kier molecular flexibility index (Phi) is 5.48. The summed E-state index contributed by atoms with van der Waals surface area (Å²) in [5.74, 6) is 0.926. The number of likely N-dealkylation sites (N-methyl/N-ethyl adjacent to an activating group) is 1. The van der Waals surface area contributed by atoms with E-state index in [1.54, 1.807) is 24.3 Å². The van der Waals surface area contributed by atoms with Gasteiger partial charge in [-0.3, -0.25) is 0 Å². The maximum atomic E-state index is 12.6. The SMILES string of the molecule is CN(C)C(CNS(=O)(=O)c1ccccc1Br)c1ccc2c(c1)CCO2. The molecule has 0 fully saturated rings. The highest BCUT2D eigenvalue weighted by atomic mass is 79.9. The number of hydrogen-bond donors (Lipinski definition) is 1. The molecule has 1 atom stereocenters. The van der Waals surface area contributed by atoms with Crippen molar-refractivity contribution in [3.05, 3.63) is 58.1 Å².